The van der Waals surface area contributed by atoms with Gasteiger partial charge in [-0.3, -0.25) is 13.8 Å². The van der Waals surface area contributed by atoms with E-state index in [-0.39, 0.29) is 19.1 Å². The number of allylic oxidation sites excluding steroid dienone is 5. The number of aliphatic hydroxyl groups excluding tert-OH is 1. The largest absolute Gasteiger partial charge is 0.472 e. The lowest BCUT2D eigenvalue weighted by atomic mass is 10.0. The van der Waals surface area contributed by atoms with Gasteiger partial charge >= 0.3 is 7.82 Å². The third-order valence-corrected chi connectivity index (χ3v) is 13.8. The topological polar surface area (TPSA) is 105 Å². The van der Waals surface area contributed by atoms with Crippen LogP contribution >= 0.6 is 7.82 Å². The minimum Gasteiger partial charge on any atom is -0.387 e. The second kappa shape index (κ2) is 48.7. The summed E-state index contributed by atoms with van der Waals surface area (Å²) in [5, 5.41) is 13.9. The van der Waals surface area contributed by atoms with Crippen LogP contribution in [0.1, 0.15) is 271 Å². The summed E-state index contributed by atoms with van der Waals surface area (Å²) in [4.78, 5) is 23.2. The van der Waals surface area contributed by atoms with Crippen LogP contribution in [0.2, 0.25) is 0 Å². The molecule has 0 bridgehead atoms. The molecule has 3 N–H and O–H groups in total. The standard InChI is InChI=1S/C57H111N2O6P/c1-6-8-10-12-14-16-18-19-20-21-22-23-24-25-26-27-28-29-30-31-32-33-34-35-36-37-38-39-41-43-45-47-49-51-57(61)58-55(54-65-66(62,63)64-53-52-59(3,4)5)56(60)50-48-46-44-42-40-17-15-13-11-9-7-2/h22-23,25-26,48,50,55-56,60H,6-21,24,27-47,49,51-54H2,1-5H3,(H-,58,61,62,63)/p+1/b23-22-,26-25-,50-48+. The van der Waals surface area contributed by atoms with Crippen molar-refractivity contribution in [1.29, 1.82) is 0 Å². The van der Waals surface area contributed by atoms with Crippen LogP contribution in [0.4, 0.5) is 0 Å². The maximum Gasteiger partial charge on any atom is 0.472 e. The van der Waals surface area contributed by atoms with E-state index >= 15 is 0 Å². The molecule has 0 aromatic carbocycles. The lowest BCUT2D eigenvalue weighted by molar-refractivity contribution is -0.870. The van der Waals surface area contributed by atoms with Crippen molar-refractivity contribution in [3.63, 3.8) is 0 Å². The van der Waals surface area contributed by atoms with E-state index < -0.39 is 20.0 Å². The smallest absolute Gasteiger partial charge is 0.387 e. The molecule has 1 amide bonds. The number of carbonyl (C=O) groups is 1. The van der Waals surface area contributed by atoms with Crippen LogP contribution in [0.3, 0.4) is 0 Å². The Labute approximate surface area is 410 Å². The van der Waals surface area contributed by atoms with Gasteiger partial charge in [0.15, 0.2) is 0 Å². The minimum absolute atomic E-state index is 0.0625. The number of carbonyl (C=O) groups excluding carboxylic acids is 1. The highest BCUT2D eigenvalue weighted by Crippen LogP contribution is 2.43. The van der Waals surface area contributed by atoms with Crippen LogP contribution in [-0.4, -0.2) is 73.4 Å². The lowest BCUT2D eigenvalue weighted by Gasteiger charge is -2.25. The van der Waals surface area contributed by atoms with Gasteiger partial charge in [0.2, 0.25) is 5.91 Å². The number of nitrogens with zero attached hydrogens (tertiary/aromatic N) is 1. The van der Waals surface area contributed by atoms with Crippen molar-refractivity contribution >= 4 is 13.7 Å². The number of hydrogen-bond acceptors (Lipinski definition) is 5. The average molecular weight is 953 g/mol. The quantitative estimate of drug-likeness (QED) is 0.0243. The number of phosphoric ester groups is 1. The van der Waals surface area contributed by atoms with Crippen LogP contribution in [-0.2, 0) is 18.4 Å². The summed E-state index contributed by atoms with van der Waals surface area (Å²) < 4.78 is 23.6. The summed E-state index contributed by atoms with van der Waals surface area (Å²) in [6, 6.07) is -0.843. The third kappa shape index (κ3) is 50.6. The maximum absolute atomic E-state index is 12.9. The molecule has 0 aromatic heterocycles. The third-order valence-electron chi connectivity index (χ3n) is 12.9. The van der Waals surface area contributed by atoms with Gasteiger partial charge in [-0.05, 0) is 51.4 Å². The molecular formula is C57H112N2O6P+. The summed E-state index contributed by atoms with van der Waals surface area (Å²) in [6.07, 6.45) is 62.6. The summed E-state index contributed by atoms with van der Waals surface area (Å²) in [5.74, 6) is -0.176. The maximum atomic E-state index is 12.9. The fraction of sp³-hybridized carbons (Fsp3) is 0.877. The van der Waals surface area contributed by atoms with E-state index in [4.69, 9.17) is 9.05 Å². The molecule has 0 heterocycles. The van der Waals surface area contributed by atoms with E-state index in [9.17, 15) is 19.4 Å². The second-order valence-corrected chi connectivity index (χ2v) is 22.1. The summed E-state index contributed by atoms with van der Waals surface area (Å²) in [5.41, 5.74) is 0. The number of hydrogen-bond donors (Lipinski definition) is 3. The Kier molecular flexibility index (Phi) is 47.8. The molecule has 0 aliphatic rings. The highest BCUT2D eigenvalue weighted by atomic mass is 31.2. The Hall–Kier alpha value is -1.28. The Bertz CT molecular complexity index is 1170. The molecule has 0 fully saturated rings. The van der Waals surface area contributed by atoms with Crippen molar-refractivity contribution in [1.82, 2.24) is 5.32 Å². The monoisotopic (exact) mass is 952 g/mol. The van der Waals surface area contributed by atoms with Gasteiger partial charge in [-0.25, -0.2) is 4.57 Å². The second-order valence-electron chi connectivity index (χ2n) is 20.7. The minimum atomic E-state index is -4.34. The van der Waals surface area contributed by atoms with Crippen molar-refractivity contribution in [2.24, 2.45) is 0 Å². The molecule has 0 saturated carbocycles. The Morgan fingerprint density at radius 1 is 0.515 bits per heavy atom. The van der Waals surface area contributed by atoms with Crippen molar-refractivity contribution < 1.29 is 32.9 Å². The van der Waals surface area contributed by atoms with Crippen LogP contribution in [0, 0.1) is 0 Å². The van der Waals surface area contributed by atoms with Gasteiger partial charge in [0, 0.05) is 6.42 Å². The van der Waals surface area contributed by atoms with Crippen molar-refractivity contribution in [3.05, 3.63) is 36.5 Å². The zero-order valence-electron chi connectivity index (χ0n) is 44.4. The molecule has 0 radical (unpaired) electrons. The molecule has 8 nitrogen and oxygen atoms in total. The molecule has 390 valence electrons. The molecule has 3 atom stereocenters. The molecule has 0 aromatic rings. The number of aliphatic hydroxyl groups is 1. The zero-order valence-corrected chi connectivity index (χ0v) is 45.3. The highest BCUT2D eigenvalue weighted by molar-refractivity contribution is 7.47. The number of amides is 1. The number of unbranched alkanes of at least 4 members (excludes halogenated alkanes) is 35. The Balaban J connectivity index is 3.97. The van der Waals surface area contributed by atoms with Gasteiger partial charge in [0.1, 0.15) is 13.2 Å². The van der Waals surface area contributed by atoms with Crippen molar-refractivity contribution in [2.45, 2.75) is 283 Å². The van der Waals surface area contributed by atoms with E-state index in [0.717, 1.165) is 44.9 Å². The zero-order chi connectivity index (χ0) is 48.5. The number of nitrogens with one attached hydrogen (secondary N) is 1. The predicted molar refractivity (Wildman–Crippen MR) is 286 cm³/mol. The van der Waals surface area contributed by atoms with Crippen LogP contribution in [0.15, 0.2) is 36.5 Å². The van der Waals surface area contributed by atoms with E-state index in [0.29, 0.717) is 17.4 Å². The molecule has 0 spiro atoms. The van der Waals surface area contributed by atoms with Crippen molar-refractivity contribution in [2.75, 3.05) is 40.9 Å². The van der Waals surface area contributed by atoms with Gasteiger partial charge in [0.05, 0.1) is 39.9 Å². The van der Waals surface area contributed by atoms with Crippen LogP contribution < -0.4 is 5.32 Å². The average Bonchev–Trinajstić information content (AvgIpc) is 3.28. The highest BCUT2D eigenvalue weighted by Gasteiger charge is 2.27. The van der Waals surface area contributed by atoms with E-state index in [2.05, 4.69) is 43.5 Å². The van der Waals surface area contributed by atoms with E-state index in [1.54, 1.807) is 6.08 Å². The molecule has 0 aliphatic heterocycles. The predicted octanol–water partition coefficient (Wildman–Crippen LogP) is 17.0. The first kappa shape index (κ1) is 64.7. The number of phosphoric acid groups is 1. The Morgan fingerprint density at radius 2 is 0.864 bits per heavy atom. The molecule has 3 unspecified atom stereocenters. The van der Waals surface area contributed by atoms with E-state index in [1.165, 1.54) is 205 Å². The first-order valence-electron chi connectivity index (χ1n) is 28.4. The van der Waals surface area contributed by atoms with Gasteiger partial charge in [-0.15, -0.1) is 0 Å². The van der Waals surface area contributed by atoms with Gasteiger partial charge in [0.25, 0.3) is 0 Å². The van der Waals surface area contributed by atoms with Gasteiger partial charge in [-0.2, -0.15) is 0 Å². The van der Waals surface area contributed by atoms with Crippen LogP contribution in [0.25, 0.3) is 0 Å². The summed E-state index contributed by atoms with van der Waals surface area (Å²) in [7, 11) is 1.58. The fourth-order valence-electron chi connectivity index (χ4n) is 8.37. The first-order chi connectivity index (χ1) is 32.0. The summed E-state index contributed by atoms with van der Waals surface area (Å²) in [6.45, 7) is 4.82. The summed E-state index contributed by atoms with van der Waals surface area (Å²) >= 11 is 0. The Morgan fingerprint density at radius 3 is 1.24 bits per heavy atom. The molecule has 0 saturated heterocycles. The van der Waals surface area contributed by atoms with Crippen molar-refractivity contribution in [3.8, 4) is 0 Å². The van der Waals surface area contributed by atoms with Crippen LogP contribution in [0.5, 0.6) is 0 Å². The SMILES string of the molecule is CCCCCCCCCCC/C=C\C/C=C\CCCCCCCCCCCCCCCCCCCC(=O)NC(COP(=O)(O)OCC[N+](C)(C)C)C(O)/C=C/CCCCCCCCCCC. The molecule has 66 heavy (non-hydrogen) atoms. The first-order valence-corrected chi connectivity index (χ1v) is 29.9. The molecule has 0 aliphatic carbocycles. The number of quaternary nitrogens is 1. The molecule has 9 heteroatoms. The molecule has 0 rings (SSSR count). The molecular weight excluding hydrogens is 840 g/mol. The normalized spacial score (nSPS) is 14.2. The number of rotatable bonds is 52. The fourth-order valence-corrected chi connectivity index (χ4v) is 9.10. The van der Waals surface area contributed by atoms with Gasteiger partial charge in [-0.1, -0.05) is 249 Å². The number of likely N-dealkylation sites (N-methyl/N-ethyl adjacent to an activating group) is 1. The lowest BCUT2D eigenvalue weighted by Crippen LogP contribution is -2.45. The van der Waals surface area contributed by atoms with E-state index in [1.807, 2.05) is 27.2 Å². The van der Waals surface area contributed by atoms with Gasteiger partial charge < -0.3 is 19.8 Å².